The molecule has 3 rings (SSSR count). The number of carbonyl (C=O) groups is 1. The number of alkyl halides is 2. The molecule has 0 atom stereocenters. The first-order chi connectivity index (χ1) is 12.5. The molecule has 0 bridgehead atoms. The molecule has 0 saturated heterocycles. The third kappa shape index (κ3) is 3.26. The lowest BCUT2D eigenvalue weighted by atomic mass is 10.1. The summed E-state index contributed by atoms with van der Waals surface area (Å²) in [4.78, 5) is 16.6. The monoisotopic (exact) mass is 358 g/mol. The highest BCUT2D eigenvalue weighted by molar-refractivity contribution is 6.00. The SMILES string of the molecule is C=CCNC(=O)c1cnn2c(C(F)F)cc(-c3ccc(OC)cc3)nc12. The van der Waals surface area contributed by atoms with Gasteiger partial charge in [-0.25, -0.2) is 18.3 Å². The van der Waals surface area contributed by atoms with Gasteiger partial charge in [0.1, 0.15) is 17.0 Å². The van der Waals surface area contributed by atoms with Gasteiger partial charge in [-0.1, -0.05) is 6.08 Å². The molecule has 1 aromatic carbocycles. The van der Waals surface area contributed by atoms with E-state index in [1.54, 1.807) is 24.3 Å². The quantitative estimate of drug-likeness (QED) is 0.687. The molecule has 6 nitrogen and oxygen atoms in total. The second-order valence-electron chi connectivity index (χ2n) is 5.39. The number of hydrogen-bond acceptors (Lipinski definition) is 4. The van der Waals surface area contributed by atoms with Crippen LogP contribution >= 0.6 is 0 Å². The third-order valence-corrected chi connectivity index (χ3v) is 3.76. The van der Waals surface area contributed by atoms with E-state index in [0.717, 1.165) is 4.52 Å². The zero-order valence-corrected chi connectivity index (χ0v) is 13.9. The molecular formula is C18H16F2N4O2. The van der Waals surface area contributed by atoms with Crippen molar-refractivity contribution in [3.63, 3.8) is 0 Å². The van der Waals surface area contributed by atoms with Crippen LogP contribution in [0, 0.1) is 0 Å². The molecular weight excluding hydrogens is 342 g/mol. The average Bonchev–Trinajstić information content (AvgIpc) is 3.09. The smallest absolute Gasteiger partial charge is 0.280 e. The number of aromatic nitrogens is 3. The minimum Gasteiger partial charge on any atom is -0.497 e. The summed E-state index contributed by atoms with van der Waals surface area (Å²) in [6, 6.07) is 8.09. The maximum atomic E-state index is 13.5. The minimum atomic E-state index is -2.78. The highest BCUT2D eigenvalue weighted by atomic mass is 19.3. The lowest BCUT2D eigenvalue weighted by molar-refractivity contribution is 0.0959. The fourth-order valence-electron chi connectivity index (χ4n) is 2.47. The van der Waals surface area contributed by atoms with Crippen molar-refractivity contribution in [2.75, 3.05) is 13.7 Å². The lowest BCUT2D eigenvalue weighted by Gasteiger charge is -2.09. The summed E-state index contributed by atoms with van der Waals surface area (Å²) in [7, 11) is 1.54. The Morgan fingerprint density at radius 3 is 2.73 bits per heavy atom. The number of nitrogens with one attached hydrogen (secondary N) is 1. The van der Waals surface area contributed by atoms with Crippen molar-refractivity contribution in [1.29, 1.82) is 0 Å². The Kier molecular flexibility index (Phi) is 4.92. The molecule has 0 unspecified atom stereocenters. The van der Waals surface area contributed by atoms with E-state index >= 15 is 0 Å². The average molecular weight is 358 g/mol. The fourth-order valence-corrected chi connectivity index (χ4v) is 2.47. The zero-order chi connectivity index (χ0) is 18.7. The van der Waals surface area contributed by atoms with Gasteiger partial charge < -0.3 is 10.1 Å². The summed E-state index contributed by atoms with van der Waals surface area (Å²) >= 11 is 0. The maximum absolute atomic E-state index is 13.5. The second kappa shape index (κ2) is 7.30. The van der Waals surface area contributed by atoms with E-state index in [2.05, 4.69) is 22.0 Å². The number of rotatable bonds is 6. The van der Waals surface area contributed by atoms with Gasteiger partial charge in [0.05, 0.1) is 19.0 Å². The molecule has 0 spiro atoms. The van der Waals surface area contributed by atoms with E-state index in [4.69, 9.17) is 4.74 Å². The Labute approximate surface area is 148 Å². The normalized spacial score (nSPS) is 10.9. The number of carbonyl (C=O) groups excluding carboxylic acids is 1. The summed E-state index contributed by atoms with van der Waals surface area (Å²) < 4.78 is 33.1. The topological polar surface area (TPSA) is 68.5 Å². The number of methoxy groups -OCH3 is 1. The van der Waals surface area contributed by atoms with Crippen molar-refractivity contribution >= 4 is 11.6 Å². The van der Waals surface area contributed by atoms with Crippen molar-refractivity contribution in [3.05, 3.63) is 60.4 Å². The van der Waals surface area contributed by atoms with Crippen LogP contribution in [0.2, 0.25) is 0 Å². The summed E-state index contributed by atoms with van der Waals surface area (Å²) in [5.41, 5.74) is 0.769. The molecule has 1 amide bonds. The molecule has 134 valence electrons. The van der Waals surface area contributed by atoms with E-state index < -0.39 is 12.3 Å². The number of nitrogens with zero attached hydrogens (tertiary/aromatic N) is 3. The van der Waals surface area contributed by atoms with E-state index in [9.17, 15) is 13.6 Å². The lowest BCUT2D eigenvalue weighted by Crippen LogP contribution is -2.23. The molecule has 3 aromatic rings. The highest BCUT2D eigenvalue weighted by Crippen LogP contribution is 2.27. The molecule has 0 aliphatic rings. The molecule has 0 aliphatic carbocycles. The number of halogens is 2. The number of amides is 1. The predicted octanol–water partition coefficient (Wildman–Crippen LogP) is 3.26. The minimum absolute atomic E-state index is 0.0650. The van der Waals surface area contributed by atoms with Gasteiger partial charge in [0.2, 0.25) is 0 Å². The van der Waals surface area contributed by atoms with E-state index in [1.165, 1.54) is 25.4 Å². The number of benzene rings is 1. The van der Waals surface area contributed by atoms with Crippen LogP contribution in [0.1, 0.15) is 22.5 Å². The van der Waals surface area contributed by atoms with Gasteiger partial charge in [0.25, 0.3) is 12.3 Å². The standard InChI is InChI=1S/C18H16F2N4O2/c1-3-8-21-18(25)13-10-22-24-15(16(19)20)9-14(23-17(13)24)11-4-6-12(26-2)7-5-11/h3-7,9-10,16H,1,8H2,2H3,(H,21,25). The third-order valence-electron chi connectivity index (χ3n) is 3.76. The van der Waals surface area contributed by atoms with Crippen LogP contribution in [0.4, 0.5) is 8.78 Å². The van der Waals surface area contributed by atoms with E-state index in [0.29, 0.717) is 17.0 Å². The van der Waals surface area contributed by atoms with Gasteiger partial charge in [-0.15, -0.1) is 6.58 Å². The zero-order valence-electron chi connectivity index (χ0n) is 13.9. The van der Waals surface area contributed by atoms with Gasteiger partial charge in [0.15, 0.2) is 5.65 Å². The molecule has 26 heavy (non-hydrogen) atoms. The molecule has 1 N–H and O–H groups in total. The van der Waals surface area contributed by atoms with Gasteiger partial charge in [0, 0.05) is 12.1 Å². The molecule has 8 heteroatoms. The van der Waals surface area contributed by atoms with Gasteiger partial charge in [-0.05, 0) is 30.3 Å². The maximum Gasteiger partial charge on any atom is 0.280 e. The first-order valence-electron chi connectivity index (χ1n) is 7.75. The van der Waals surface area contributed by atoms with Crippen molar-refractivity contribution in [3.8, 4) is 17.0 Å². The fraction of sp³-hybridized carbons (Fsp3) is 0.167. The van der Waals surface area contributed by atoms with Gasteiger partial charge in [-0.2, -0.15) is 5.10 Å². The molecule has 0 aliphatic heterocycles. The first-order valence-corrected chi connectivity index (χ1v) is 7.75. The summed E-state index contributed by atoms with van der Waals surface area (Å²) in [6.07, 6.45) is -0.0315. The summed E-state index contributed by atoms with van der Waals surface area (Å²) in [5, 5.41) is 6.49. The van der Waals surface area contributed by atoms with Crippen LogP contribution in [0.5, 0.6) is 5.75 Å². The second-order valence-corrected chi connectivity index (χ2v) is 5.39. The van der Waals surface area contributed by atoms with E-state index in [1.807, 2.05) is 0 Å². The van der Waals surface area contributed by atoms with Crippen LogP contribution < -0.4 is 10.1 Å². The molecule has 0 saturated carbocycles. The van der Waals surface area contributed by atoms with Crippen molar-refractivity contribution in [2.45, 2.75) is 6.43 Å². The van der Waals surface area contributed by atoms with Crippen LogP contribution in [0.3, 0.4) is 0 Å². The Balaban J connectivity index is 2.14. The Morgan fingerprint density at radius 2 is 2.12 bits per heavy atom. The Hall–Kier alpha value is -3.29. The van der Waals surface area contributed by atoms with Crippen molar-refractivity contribution in [2.24, 2.45) is 0 Å². The molecule has 2 aromatic heterocycles. The molecule has 0 radical (unpaired) electrons. The molecule has 2 heterocycles. The summed E-state index contributed by atoms with van der Waals surface area (Å²) in [6.45, 7) is 3.77. The van der Waals surface area contributed by atoms with Gasteiger partial charge >= 0.3 is 0 Å². The van der Waals surface area contributed by atoms with Crippen LogP contribution in [0.15, 0.2) is 49.2 Å². The van der Waals surface area contributed by atoms with Crippen molar-refractivity contribution in [1.82, 2.24) is 19.9 Å². The summed E-state index contributed by atoms with van der Waals surface area (Å²) in [5.74, 6) is 0.178. The van der Waals surface area contributed by atoms with Crippen LogP contribution in [-0.4, -0.2) is 34.2 Å². The van der Waals surface area contributed by atoms with Crippen molar-refractivity contribution < 1.29 is 18.3 Å². The number of fused-ring (bicyclic) bond motifs is 1. The predicted molar refractivity (Wildman–Crippen MR) is 92.5 cm³/mol. The highest BCUT2D eigenvalue weighted by Gasteiger charge is 2.21. The molecule has 0 fully saturated rings. The largest absolute Gasteiger partial charge is 0.497 e. The Bertz CT molecular complexity index is 952. The first kappa shape index (κ1) is 17.5. The van der Waals surface area contributed by atoms with Crippen LogP contribution in [0.25, 0.3) is 16.9 Å². The number of hydrogen-bond donors (Lipinski definition) is 1. The Morgan fingerprint density at radius 1 is 1.38 bits per heavy atom. The van der Waals surface area contributed by atoms with Crippen LogP contribution in [-0.2, 0) is 0 Å². The number of ether oxygens (including phenoxy) is 1. The van der Waals surface area contributed by atoms with E-state index in [-0.39, 0.29) is 23.4 Å². The van der Waals surface area contributed by atoms with Gasteiger partial charge in [-0.3, -0.25) is 4.79 Å².